The van der Waals surface area contributed by atoms with E-state index < -0.39 is 91.5 Å². The number of allylic oxidation sites excluding steroid dienone is 1. The van der Waals surface area contributed by atoms with Crippen molar-refractivity contribution in [1.29, 1.82) is 0 Å². The van der Waals surface area contributed by atoms with E-state index >= 15 is 4.39 Å². The Bertz CT molecular complexity index is 1830. The van der Waals surface area contributed by atoms with Crippen LogP contribution >= 0.6 is 0 Å². The van der Waals surface area contributed by atoms with Crippen molar-refractivity contribution in [3.05, 3.63) is 34.7 Å². The molecule has 3 heterocycles. The zero-order valence-corrected chi connectivity index (χ0v) is 33.5. The summed E-state index contributed by atoms with van der Waals surface area (Å²) in [4.78, 5) is 70.5. The molecule has 2 saturated carbocycles. The van der Waals surface area contributed by atoms with Gasteiger partial charge in [-0.3, -0.25) is 28.9 Å². The molecule has 0 aromatic rings. The van der Waals surface area contributed by atoms with Crippen molar-refractivity contribution in [2.75, 3.05) is 19.6 Å². The van der Waals surface area contributed by atoms with Gasteiger partial charge in [0.1, 0.15) is 17.2 Å². The topological polar surface area (TPSA) is 192 Å². The molecule has 16 heteroatoms. The molecule has 2 saturated heterocycles. The maximum Gasteiger partial charge on any atom is 0.408 e. The van der Waals surface area contributed by atoms with Crippen LogP contribution in [0.3, 0.4) is 0 Å². The van der Waals surface area contributed by atoms with Crippen molar-refractivity contribution >= 4 is 39.8 Å². The van der Waals surface area contributed by atoms with E-state index in [0.29, 0.717) is 36.5 Å². The lowest BCUT2D eigenvalue weighted by molar-refractivity contribution is -0.131. The van der Waals surface area contributed by atoms with Crippen molar-refractivity contribution < 1.29 is 46.6 Å². The van der Waals surface area contributed by atoms with Gasteiger partial charge in [0, 0.05) is 18.0 Å². The Morgan fingerprint density at radius 2 is 1.85 bits per heavy atom. The third-order valence-corrected chi connectivity index (χ3v) is 14.5. The molecule has 3 aliphatic carbocycles. The van der Waals surface area contributed by atoms with Crippen LogP contribution in [0.2, 0.25) is 0 Å². The molecule has 4 amide bonds. The van der Waals surface area contributed by atoms with Crippen LogP contribution < -0.4 is 15.4 Å². The Hall–Kier alpha value is -3.79. The number of Topliss-reactive ketones (excluding diaryl/α,β-unsaturated/α-hetero) is 1. The van der Waals surface area contributed by atoms with Gasteiger partial charge < -0.3 is 20.5 Å². The van der Waals surface area contributed by atoms with Crippen LogP contribution in [-0.2, 0) is 29.1 Å². The highest BCUT2D eigenvalue weighted by Gasteiger charge is 2.63. The van der Waals surface area contributed by atoms with Crippen LogP contribution in [0.5, 0.6) is 0 Å². The van der Waals surface area contributed by atoms with Gasteiger partial charge in [-0.1, -0.05) is 38.8 Å². The summed E-state index contributed by atoms with van der Waals surface area (Å²) < 4.78 is 48.9. The number of likely N-dealkylation sites (tertiary alicyclic amines) is 1. The third-order valence-electron chi connectivity index (χ3n) is 12.4. The molecule has 14 nitrogen and oxygen atoms in total. The van der Waals surface area contributed by atoms with E-state index in [1.54, 1.807) is 34.6 Å². The number of ether oxygens (including phenoxy) is 1. The molecular formula is C39H56FN5O9S. The molecule has 3 aliphatic heterocycles. The van der Waals surface area contributed by atoms with Gasteiger partial charge in [-0.25, -0.2) is 22.4 Å². The zero-order chi connectivity index (χ0) is 40.2. The molecular weight excluding hydrogens is 734 g/mol. The molecule has 6 rings (SSSR count). The normalized spacial score (nSPS) is 33.3. The smallest absolute Gasteiger partial charge is 0.408 e. The molecule has 0 aromatic heterocycles. The Kier molecular flexibility index (Phi) is 11.1. The van der Waals surface area contributed by atoms with Gasteiger partial charge in [-0.15, -0.1) is 0 Å². The first kappa shape index (κ1) is 40.9. The SMILES string of the molecule is CCC1=C2C(=C(F)C(=O)[C@H]1NC(=O)OC(C)(C)C)CN(C(=O)O)C2[C@@H]1C[C@H]2C(=O)N[C@]3(C(=O)NS(=O)(=O)C4(C)CC4)C[C@H]3/C=C\CC[C@H](C)CCCCN2C1. The number of carbonyl (C=O) groups excluding carboxylic acids is 4. The van der Waals surface area contributed by atoms with Crippen LogP contribution in [0.25, 0.3) is 0 Å². The first-order valence-electron chi connectivity index (χ1n) is 19.7. The molecule has 1 unspecified atom stereocenters. The van der Waals surface area contributed by atoms with E-state index in [4.69, 9.17) is 4.74 Å². The van der Waals surface area contributed by atoms with Gasteiger partial charge >= 0.3 is 12.2 Å². The van der Waals surface area contributed by atoms with Crippen molar-refractivity contribution in [3.63, 3.8) is 0 Å². The molecule has 55 heavy (non-hydrogen) atoms. The van der Waals surface area contributed by atoms with E-state index in [-0.39, 0.29) is 37.9 Å². The van der Waals surface area contributed by atoms with Crippen molar-refractivity contribution in [2.24, 2.45) is 17.8 Å². The first-order valence-corrected chi connectivity index (χ1v) is 21.1. The van der Waals surface area contributed by atoms with Crippen LogP contribution in [0.15, 0.2) is 34.7 Å². The van der Waals surface area contributed by atoms with Gasteiger partial charge in [0.25, 0.3) is 5.91 Å². The van der Waals surface area contributed by atoms with E-state index in [9.17, 15) is 37.5 Å². The summed E-state index contributed by atoms with van der Waals surface area (Å²) >= 11 is 0. The third kappa shape index (κ3) is 8.08. The van der Waals surface area contributed by atoms with Crippen LogP contribution in [0, 0.1) is 17.8 Å². The molecule has 0 aromatic carbocycles. The number of carboxylic acid groups (broad SMARTS) is 1. The molecule has 4 fully saturated rings. The minimum Gasteiger partial charge on any atom is -0.465 e. The van der Waals surface area contributed by atoms with Gasteiger partial charge in [-0.05, 0) is 109 Å². The molecule has 304 valence electrons. The highest BCUT2D eigenvalue weighted by atomic mass is 32.2. The van der Waals surface area contributed by atoms with Gasteiger partial charge in [-0.2, -0.15) is 0 Å². The molecule has 6 aliphatic rings. The monoisotopic (exact) mass is 789 g/mol. The number of halogens is 1. The number of sulfonamides is 1. The van der Waals surface area contributed by atoms with Crippen molar-refractivity contribution in [2.45, 2.75) is 140 Å². The minimum atomic E-state index is -3.98. The van der Waals surface area contributed by atoms with Crippen LogP contribution in [0.1, 0.15) is 106 Å². The molecule has 0 spiro atoms. The number of alkyl carbamates (subject to hydrolysis) is 1. The number of fused-ring (bicyclic) bond motifs is 3. The second kappa shape index (κ2) is 14.9. The Morgan fingerprint density at radius 3 is 2.49 bits per heavy atom. The lowest BCUT2D eigenvalue weighted by Gasteiger charge is -2.32. The number of amides is 4. The van der Waals surface area contributed by atoms with Crippen molar-refractivity contribution in [3.8, 4) is 0 Å². The molecule has 4 N–H and O–H groups in total. The van der Waals surface area contributed by atoms with E-state index in [1.165, 1.54) is 0 Å². The predicted octanol–water partition coefficient (Wildman–Crippen LogP) is 4.48. The summed E-state index contributed by atoms with van der Waals surface area (Å²) in [5.41, 5.74) is -1.67. The number of nitrogens with zero attached hydrogens (tertiary/aromatic N) is 2. The maximum atomic E-state index is 16.0. The summed E-state index contributed by atoms with van der Waals surface area (Å²) in [7, 11) is -3.98. The maximum absolute atomic E-state index is 16.0. The Balaban J connectivity index is 1.33. The molecule has 0 radical (unpaired) electrons. The average molecular weight is 790 g/mol. The highest BCUT2D eigenvalue weighted by Crippen LogP contribution is 2.49. The van der Waals surface area contributed by atoms with Gasteiger partial charge in [0.05, 0.1) is 23.4 Å². The number of hydrogen-bond donors (Lipinski definition) is 4. The number of hydrogen-bond acceptors (Lipinski definition) is 9. The van der Waals surface area contributed by atoms with Crippen LogP contribution in [-0.4, -0.2) is 107 Å². The van der Waals surface area contributed by atoms with E-state index in [0.717, 1.165) is 37.0 Å². The van der Waals surface area contributed by atoms with Crippen LogP contribution in [0.4, 0.5) is 14.0 Å². The molecule has 7 atom stereocenters. The zero-order valence-electron chi connectivity index (χ0n) is 32.7. The summed E-state index contributed by atoms with van der Waals surface area (Å²) in [6.45, 7) is 10.9. The predicted molar refractivity (Wildman–Crippen MR) is 201 cm³/mol. The van der Waals surface area contributed by atoms with Crippen molar-refractivity contribution in [1.82, 2.24) is 25.2 Å². The Labute approximate surface area is 322 Å². The second-order valence-electron chi connectivity index (χ2n) is 17.7. The number of ketones is 1. The lowest BCUT2D eigenvalue weighted by Crippen LogP contribution is -2.56. The van der Waals surface area contributed by atoms with E-state index in [1.807, 2.05) is 17.1 Å². The van der Waals surface area contributed by atoms with E-state index in [2.05, 4.69) is 22.3 Å². The van der Waals surface area contributed by atoms with Gasteiger partial charge in [0.2, 0.25) is 21.7 Å². The average Bonchev–Trinajstić information content (AvgIpc) is 3.90. The fraction of sp³-hybridized carbons (Fsp3) is 0.718. The minimum absolute atomic E-state index is 0.0341. The Morgan fingerprint density at radius 1 is 1.15 bits per heavy atom. The second-order valence-corrected chi connectivity index (χ2v) is 19.8. The lowest BCUT2D eigenvalue weighted by atomic mass is 9.79. The standard InChI is InChI=1S/C39H56FN5O9S/c1-7-25-28-26(29(40)32(46)30(25)41-35(49)54-37(3,4)5)21-45(36(50)51)31(28)23-18-27-33(47)42-39(34(48)43-55(52,53)38(6)15-16-38)19-24(39)14-9-8-12-22(2)13-10-11-17-44(27)20-23/h9,14,22-24,27,30-31H,7-8,10-13,15-21H2,1-6H3,(H,41,49)(H,42,47)(H,43,48)(H,50,51)/b14-9-/t22-,23+,24+,27-,30-,31?,39+/m0/s1. The fourth-order valence-corrected chi connectivity index (χ4v) is 10.2. The van der Waals surface area contributed by atoms with Gasteiger partial charge in [0.15, 0.2) is 5.83 Å². The number of carbonyl (C=O) groups is 5. The summed E-state index contributed by atoms with van der Waals surface area (Å²) in [6, 6.07) is -3.15. The largest absolute Gasteiger partial charge is 0.465 e. The first-order chi connectivity index (χ1) is 25.7. The summed E-state index contributed by atoms with van der Waals surface area (Å²) in [5.74, 6) is -3.84. The summed E-state index contributed by atoms with van der Waals surface area (Å²) in [6.07, 6.45) is 7.49. The number of nitrogens with one attached hydrogen (secondary N) is 3. The number of rotatable bonds is 6. The highest BCUT2D eigenvalue weighted by molar-refractivity contribution is 7.91. The molecule has 0 bridgehead atoms. The fourth-order valence-electron chi connectivity index (χ4n) is 8.85. The quantitative estimate of drug-likeness (QED) is 0.279. The summed E-state index contributed by atoms with van der Waals surface area (Å²) in [5, 5.41) is 16.0.